The lowest BCUT2D eigenvalue weighted by Gasteiger charge is -2.16. The maximum Gasteiger partial charge on any atom is 0.407 e. The van der Waals surface area contributed by atoms with E-state index in [1.807, 2.05) is 60.7 Å². The number of hydrogen-bond donors (Lipinski definition) is 2. The second kappa shape index (κ2) is 9.34. The quantitative estimate of drug-likeness (QED) is 0.605. The van der Waals surface area contributed by atoms with Gasteiger partial charge in [0.05, 0.1) is 0 Å². The number of ether oxygens (including phenoxy) is 2. The zero-order chi connectivity index (χ0) is 21.6. The Kier molecular flexibility index (Phi) is 6.17. The summed E-state index contributed by atoms with van der Waals surface area (Å²) in [4.78, 5) is 23.7. The van der Waals surface area contributed by atoms with Crippen LogP contribution in [0.5, 0.6) is 5.75 Å². The first-order valence-corrected chi connectivity index (χ1v) is 10.1. The molecule has 0 aliphatic carbocycles. The summed E-state index contributed by atoms with van der Waals surface area (Å²) in [5.74, 6) is -0.333. The van der Waals surface area contributed by atoms with E-state index in [0.29, 0.717) is 6.42 Å². The van der Waals surface area contributed by atoms with Gasteiger partial charge in [-0.15, -0.1) is 0 Å². The van der Waals surface area contributed by atoms with Gasteiger partial charge in [0.2, 0.25) is 0 Å². The van der Waals surface area contributed by atoms with Crippen molar-refractivity contribution >= 4 is 12.1 Å². The number of hydrogen-bond acceptors (Lipinski definition) is 4. The molecule has 2 atom stereocenters. The number of benzene rings is 3. The maximum atomic E-state index is 12.2. The molecule has 3 aromatic carbocycles. The second-order valence-corrected chi connectivity index (χ2v) is 7.46. The van der Waals surface area contributed by atoms with Gasteiger partial charge >= 0.3 is 12.1 Å². The van der Waals surface area contributed by atoms with Crippen LogP contribution in [0, 0.1) is 0 Å². The van der Waals surface area contributed by atoms with Crippen LogP contribution in [0.4, 0.5) is 4.79 Å². The Balaban J connectivity index is 1.30. The van der Waals surface area contributed by atoms with Gasteiger partial charge in [0, 0.05) is 12.8 Å². The Hall–Kier alpha value is -3.80. The monoisotopic (exact) mass is 417 g/mol. The predicted octanol–water partition coefficient (Wildman–Crippen LogP) is 4.08. The van der Waals surface area contributed by atoms with Crippen molar-refractivity contribution in [2.24, 2.45) is 0 Å². The molecule has 1 aliphatic rings. The summed E-state index contributed by atoms with van der Waals surface area (Å²) in [5, 5.41) is 11.8. The molecule has 6 heteroatoms. The summed E-state index contributed by atoms with van der Waals surface area (Å²) >= 11 is 0. The molecule has 1 heterocycles. The third kappa shape index (κ3) is 5.22. The minimum absolute atomic E-state index is 0.0405. The number of carboxylic acid groups (broad SMARTS) is 1. The zero-order valence-electron chi connectivity index (χ0n) is 16.9. The van der Waals surface area contributed by atoms with E-state index in [0.717, 1.165) is 28.0 Å². The van der Waals surface area contributed by atoms with Crippen LogP contribution < -0.4 is 10.1 Å². The molecule has 4 rings (SSSR count). The molecule has 1 amide bonds. The largest absolute Gasteiger partial charge is 0.486 e. The van der Waals surface area contributed by atoms with Gasteiger partial charge in [0.15, 0.2) is 0 Å². The van der Waals surface area contributed by atoms with Crippen LogP contribution in [-0.2, 0) is 22.4 Å². The van der Waals surface area contributed by atoms with Crippen molar-refractivity contribution in [2.75, 3.05) is 6.61 Å². The first-order valence-electron chi connectivity index (χ1n) is 10.1. The van der Waals surface area contributed by atoms with Crippen molar-refractivity contribution < 1.29 is 24.2 Å². The average Bonchev–Trinajstić information content (AvgIpc) is 3.21. The molecule has 3 aromatic rings. The van der Waals surface area contributed by atoms with Crippen molar-refractivity contribution in [3.63, 3.8) is 0 Å². The Morgan fingerprint density at radius 1 is 1.00 bits per heavy atom. The van der Waals surface area contributed by atoms with E-state index in [2.05, 4.69) is 23.5 Å². The highest BCUT2D eigenvalue weighted by Gasteiger charge is 2.26. The van der Waals surface area contributed by atoms with E-state index in [1.165, 1.54) is 0 Å². The molecular formula is C25H23NO5. The molecule has 0 saturated carbocycles. The van der Waals surface area contributed by atoms with Gasteiger partial charge in [-0.1, -0.05) is 66.7 Å². The summed E-state index contributed by atoms with van der Waals surface area (Å²) < 4.78 is 11.1. The van der Waals surface area contributed by atoms with E-state index in [-0.39, 0.29) is 19.1 Å². The fraction of sp³-hybridized carbons (Fsp3) is 0.200. The molecule has 6 nitrogen and oxygen atoms in total. The lowest BCUT2D eigenvalue weighted by molar-refractivity contribution is -0.139. The Morgan fingerprint density at radius 3 is 2.42 bits per heavy atom. The van der Waals surface area contributed by atoms with E-state index in [4.69, 9.17) is 9.47 Å². The van der Waals surface area contributed by atoms with Crippen LogP contribution >= 0.6 is 0 Å². The third-order valence-corrected chi connectivity index (χ3v) is 5.18. The van der Waals surface area contributed by atoms with Gasteiger partial charge in [-0.05, 0) is 34.4 Å². The molecular weight excluding hydrogens is 394 g/mol. The minimum atomic E-state index is -1.11. The minimum Gasteiger partial charge on any atom is -0.486 e. The summed E-state index contributed by atoms with van der Waals surface area (Å²) in [6, 6.07) is 24.2. The number of carbonyl (C=O) groups excluding carboxylic acids is 1. The number of aliphatic carboxylic acids is 1. The van der Waals surface area contributed by atoms with Gasteiger partial charge in [-0.2, -0.15) is 0 Å². The van der Waals surface area contributed by atoms with Gasteiger partial charge < -0.3 is 19.9 Å². The number of rotatable bonds is 7. The Morgan fingerprint density at radius 2 is 1.71 bits per heavy atom. The number of alkyl carbamates (subject to hydrolysis) is 1. The van der Waals surface area contributed by atoms with Crippen LogP contribution in [0.25, 0.3) is 11.1 Å². The molecule has 2 N–H and O–H groups in total. The second-order valence-electron chi connectivity index (χ2n) is 7.46. The molecule has 0 saturated heterocycles. The molecule has 0 aromatic heterocycles. The number of carboxylic acids is 1. The highest BCUT2D eigenvalue weighted by molar-refractivity contribution is 5.80. The van der Waals surface area contributed by atoms with Crippen molar-refractivity contribution in [3.05, 3.63) is 90.0 Å². The lowest BCUT2D eigenvalue weighted by Crippen LogP contribution is -2.43. The van der Waals surface area contributed by atoms with Crippen LogP contribution in [0.2, 0.25) is 0 Å². The molecule has 31 heavy (non-hydrogen) atoms. The van der Waals surface area contributed by atoms with Gasteiger partial charge in [-0.25, -0.2) is 9.59 Å². The standard InChI is InChI=1S/C25H23NO5/c27-24(28)22(13-17-7-3-1-4-8-17)26-25(29)30-16-21-15-20-14-19(11-12-23(20)31-21)18-9-5-2-6-10-18/h1-12,14,21-22H,13,15-16H2,(H,26,29)(H,27,28). The third-order valence-electron chi connectivity index (χ3n) is 5.18. The van der Waals surface area contributed by atoms with E-state index in [9.17, 15) is 14.7 Å². The van der Waals surface area contributed by atoms with Crippen LogP contribution in [0.1, 0.15) is 11.1 Å². The predicted molar refractivity (Wildman–Crippen MR) is 116 cm³/mol. The molecule has 2 unspecified atom stereocenters. The Labute approximate surface area is 180 Å². The fourth-order valence-corrected chi connectivity index (χ4v) is 3.63. The normalized spacial score (nSPS) is 15.4. The van der Waals surface area contributed by atoms with Crippen LogP contribution in [0.15, 0.2) is 78.9 Å². The lowest BCUT2D eigenvalue weighted by atomic mass is 10.0. The van der Waals surface area contributed by atoms with Crippen LogP contribution in [0.3, 0.4) is 0 Å². The van der Waals surface area contributed by atoms with Crippen molar-refractivity contribution in [1.29, 1.82) is 0 Å². The highest BCUT2D eigenvalue weighted by atomic mass is 16.6. The van der Waals surface area contributed by atoms with Crippen molar-refractivity contribution in [2.45, 2.75) is 25.0 Å². The molecule has 0 radical (unpaired) electrons. The van der Waals surface area contributed by atoms with E-state index >= 15 is 0 Å². The first kappa shape index (κ1) is 20.5. The maximum absolute atomic E-state index is 12.2. The number of carbonyl (C=O) groups is 2. The topological polar surface area (TPSA) is 84.9 Å². The molecule has 1 aliphatic heterocycles. The van der Waals surface area contributed by atoms with E-state index < -0.39 is 18.1 Å². The molecule has 158 valence electrons. The van der Waals surface area contributed by atoms with Gasteiger partial charge in [0.25, 0.3) is 0 Å². The summed E-state index contributed by atoms with van der Waals surface area (Å²) in [5.41, 5.74) is 4.11. The summed E-state index contributed by atoms with van der Waals surface area (Å²) in [7, 11) is 0. The number of amides is 1. The SMILES string of the molecule is O=C(NC(Cc1ccccc1)C(=O)O)OCC1Cc2cc(-c3ccccc3)ccc2O1. The summed E-state index contributed by atoms with van der Waals surface area (Å²) in [6.45, 7) is 0.0405. The van der Waals surface area contributed by atoms with E-state index in [1.54, 1.807) is 0 Å². The Bertz CT molecular complexity index is 1050. The average molecular weight is 417 g/mol. The zero-order valence-corrected chi connectivity index (χ0v) is 16.9. The van der Waals surface area contributed by atoms with Crippen molar-refractivity contribution in [3.8, 4) is 16.9 Å². The fourth-order valence-electron chi connectivity index (χ4n) is 3.63. The van der Waals surface area contributed by atoms with Crippen LogP contribution in [-0.4, -0.2) is 35.9 Å². The van der Waals surface area contributed by atoms with Crippen molar-refractivity contribution in [1.82, 2.24) is 5.32 Å². The number of nitrogens with one attached hydrogen (secondary N) is 1. The highest BCUT2D eigenvalue weighted by Crippen LogP contribution is 2.33. The first-order chi connectivity index (χ1) is 15.1. The smallest absolute Gasteiger partial charge is 0.407 e. The molecule has 0 spiro atoms. The summed E-state index contributed by atoms with van der Waals surface area (Å²) in [6.07, 6.45) is -0.272. The van der Waals surface area contributed by atoms with Gasteiger partial charge in [0.1, 0.15) is 24.5 Å². The number of fused-ring (bicyclic) bond motifs is 1. The van der Waals surface area contributed by atoms with Gasteiger partial charge in [-0.3, -0.25) is 0 Å². The molecule has 0 bridgehead atoms. The molecule has 0 fully saturated rings.